The minimum atomic E-state index is -0.180. The SMILES string of the molecule is CC1=CC2(CCN(C(=O)CN3CC(c4ccccc4)CC3=O)CC2)OCC1. The first-order chi connectivity index (χ1) is 13.0. The van der Waals surface area contributed by atoms with Crippen LogP contribution in [-0.4, -0.2) is 60.0 Å². The van der Waals surface area contributed by atoms with Gasteiger partial charge >= 0.3 is 0 Å². The molecule has 0 aromatic heterocycles. The highest BCUT2D eigenvalue weighted by Gasteiger charge is 2.38. The highest BCUT2D eigenvalue weighted by Crippen LogP contribution is 2.33. The van der Waals surface area contributed by atoms with Crippen LogP contribution in [0.2, 0.25) is 0 Å². The summed E-state index contributed by atoms with van der Waals surface area (Å²) >= 11 is 0. The Morgan fingerprint density at radius 1 is 1.22 bits per heavy atom. The van der Waals surface area contributed by atoms with Crippen molar-refractivity contribution < 1.29 is 14.3 Å². The molecule has 27 heavy (non-hydrogen) atoms. The van der Waals surface area contributed by atoms with Crippen LogP contribution in [0.3, 0.4) is 0 Å². The zero-order valence-corrected chi connectivity index (χ0v) is 16.0. The van der Waals surface area contributed by atoms with Crippen molar-refractivity contribution in [2.75, 3.05) is 32.8 Å². The number of rotatable bonds is 3. The van der Waals surface area contributed by atoms with Crippen LogP contribution in [0, 0.1) is 0 Å². The van der Waals surface area contributed by atoms with Gasteiger partial charge in [0, 0.05) is 32.0 Å². The Labute approximate surface area is 161 Å². The van der Waals surface area contributed by atoms with Crippen molar-refractivity contribution in [2.24, 2.45) is 0 Å². The van der Waals surface area contributed by atoms with Gasteiger partial charge < -0.3 is 14.5 Å². The third-order valence-corrected chi connectivity index (χ3v) is 6.17. The van der Waals surface area contributed by atoms with Crippen LogP contribution >= 0.6 is 0 Å². The summed E-state index contributed by atoms with van der Waals surface area (Å²) in [4.78, 5) is 28.8. The predicted octanol–water partition coefficient (Wildman–Crippen LogP) is 2.73. The van der Waals surface area contributed by atoms with Crippen molar-refractivity contribution in [1.82, 2.24) is 9.80 Å². The summed E-state index contributed by atoms with van der Waals surface area (Å²) in [6.45, 7) is 5.17. The number of hydrogen-bond donors (Lipinski definition) is 0. The molecular formula is C22H28N2O3. The zero-order valence-electron chi connectivity index (χ0n) is 16.0. The Hall–Kier alpha value is -2.14. The third-order valence-electron chi connectivity index (χ3n) is 6.17. The molecule has 1 spiro atoms. The number of piperidine rings is 1. The maximum absolute atomic E-state index is 12.8. The van der Waals surface area contributed by atoms with Gasteiger partial charge in [-0.25, -0.2) is 0 Å². The number of amides is 2. The molecule has 5 heteroatoms. The van der Waals surface area contributed by atoms with Crippen LogP contribution in [0.25, 0.3) is 0 Å². The summed E-state index contributed by atoms with van der Waals surface area (Å²) in [6, 6.07) is 10.1. The van der Waals surface area contributed by atoms with Crippen molar-refractivity contribution in [3.05, 3.63) is 47.5 Å². The third kappa shape index (κ3) is 3.93. The molecule has 0 radical (unpaired) electrons. The molecule has 1 aromatic carbocycles. The Morgan fingerprint density at radius 3 is 2.67 bits per heavy atom. The van der Waals surface area contributed by atoms with Crippen molar-refractivity contribution in [3.63, 3.8) is 0 Å². The predicted molar refractivity (Wildman–Crippen MR) is 103 cm³/mol. The van der Waals surface area contributed by atoms with E-state index in [2.05, 4.69) is 25.1 Å². The lowest BCUT2D eigenvalue weighted by molar-refractivity contribution is -0.141. The molecule has 0 aliphatic carbocycles. The summed E-state index contributed by atoms with van der Waals surface area (Å²) in [5.41, 5.74) is 2.38. The second-order valence-corrected chi connectivity index (χ2v) is 8.12. The van der Waals surface area contributed by atoms with E-state index in [4.69, 9.17) is 4.74 Å². The number of carbonyl (C=O) groups is 2. The molecule has 1 unspecified atom stereocenters. The molecule has 2 amide bonds. The van der Waals surface area contributed by atoms with Gasteiger partial charge in [-0.15, -0.1) is 0 Å². The first kappa shape index (κ1) is 18.2. The van der Waals surface area contributed by atoms with Gasteiger partial charge in [0.1, 0.15) is 0 Å². The summed E-state index contributed by atoms with van der Waals surface area (Å²) < 4.78 is 6.04. The molecule has 3 heterocycles. The Balaban J connectivity index is 1.32. The van der Waals surface area contributed by atoms with E-state index in [1.807, 2.05) is 23.1 Å². The zero-order chi connectivity index (χ0) is 18.9. The molecule has 144 valence electrons. The first-order valence-corrected chi connectivity index (χ1v) is 9.97. The molecule has 3 aliphatic heterocycles. The summed E-state index contributed by atoms with van der Waals surface area (Å²) in [6.07, 6.45) is 5.45. The fraction of sp³-hybridized carbons (Fsp3) is 0.545. The van der Waals surface area contributed by atoms with E-state index in [-0.39, 0.29) is 29.9 Å². The molecule has 5 nitrogen and oxygen atoms in total. The topological polar surface area (TPSA) is 49.9 Å². The fourth-order valence-corrected chi connectivity index (χ4v) is 4.54. The lowest BCUT2D eigenvalue weighted by atomic mass is 9.87. The van der Waals surface area contributed by atoms with Crippen LogP contribution in [0.4, 0.5) is 0 Å². The van der Waals surface area contributed by atoms with Gasteiger partial charge in [-0.05, 0) is 31.7 Å². The average molecular weight is 368 g/mol. The first-order valence-electron chi connectivity index (χ1n) is 9.97. The van der Waals surface area contributed by atoms with Gasteiger partial charge in [0.05, 0.1) is 18.8 Å². The van der Waals surface area contributed by atoms with Crippen LogP contribution in [-0.2, 0) is 14.3 Å². The maximum atomic E-state index is 12.8. The van der Waals surface area contributed by atoms with Gasteiger partial charge in [0.15, 0.2) is 0 Å². The van der Waals surface area contributed by atoms with Gasteiger partial charge in [-0.3, -0.25) is 9.59 Å². The van der Waals surface area contributed by atoms with Crippen molar-refractivity contribution in [3.8, 4) is 0 Å². The van der Waals surface area contributed by atoms with E-state index < -0.39 is 0 Å². The van der Waals surface area contributed by atoms with Crippen molar-refractivity contribution >= 4 is 11.8 Å². The monoisotopic (exact) mass is 368 g/mol. The number of hydrogen-bond acceptors (Lipinski definition) is 3. The molecule has 0 bridgehead atoms. The molecule has 4 rings (SSSR count). The molecule has 0 saturated carbocycles. The minimum Gasteiger partial charge on any atom is -0.370 e. The van der Waals surface area contributed by atoms with Gasteiger partial charge in [0.2, 0.25) is 11.8 Å². The average Bonchev–Trinajstić information content (AvgIpc) is 3.03. The normalized spacial score (nSPS) is 25.0. The van der Waals surface area contributed by atoms with E-state index in [1.165, 1.54) is 11.1 Å². The van der Waals surface area contributed by atoms with Gasteiger partial charge in [-0.1, -0.05) is 42.0 Å². The van der Waals surface area contributed by atoms with Crippen LogP contribution in [0.5, 0.6) is 0 Å². The summed E-state index contributed by atoms with van der Waals surface area (Å²) in [7, 11) is 0. The van der Waals surface area contributed by atoms with E-state index in [0.717, 1.165) is 25.9 Å². The molecule has 2 fully saturated rings. The molecule has 1 atom stereocenters. The lowest BCUT2D eigenvalue weighted by Gasteiger charge is -2.42. The molecular weight excluding hydrogens is 340 g/mol. The van der Waals surface area contributed by atoms with E-state index in [1.54, 1.807) is 4.90 Å². The smallest absolute Gasteiger partial charge is 0.242 e. The molecule has 0 N–H and O–H groups in total. The van der Waals surface area contributed by atoms with Gasteiger partial charge in [0.25, 0.3) is 0 Å². The van der Waals surface area contributed by atoms with E-state index in [0.29, 0.717) is 26.1 Å². The lowest BCUT2D eigenvalue weighted by Crippen LogP contribution is -2.50. The Bertz CT molecular complexity index is 735. The highest BCUT2D eigenvalue weighted by molar-refractivity contribution is 5.86. The number of carbonyl (C=O) groups excluding carboxylic acids is 2. The number of nitrogens with zero attached hydrogens (tertiary/aromatic N) is 2. The van der Waals surface area contributed by atoms with E-state index in [9.17, 15) is 9.59 Å². The van der Waals surface area contributed by atoms with Crippen LogP contribution < -0.4 is 0 Å². The Morgan fingerprint density at radius 2 is 1.96 bits per heavy atom. The Kier molecular flexibility index (Phi) is 5.04. The molecule has 1 aromatic rings. The fourth-order valence-electron chi connectivity index (χ4n) is 4.54. The van der Waals surface area contributed by atoms with E-state index >= 15 is 0 Å². The maximum Gasteiger partial charge on any atom is 0.242 e. The standard InChI is InChI=1S/C22H28N2O3/c1-17-7-12-27-22(14-17)8-10-23(11-9-22)21(26)16-24-15-19(13-20(24)25)18-5-3-2-4-6-18/h2-6,14,19H,7-13,15-16H2,1H3. The van der Waals surface area contributed by atoms with Crippen LogP contribution in [0.15, 0.2) is 42.0 Å². The second-order valence-electron chi connectivity index (χ2n) is 8.12. The quantitative estimate of drug-likeness (QED) is 0.771. The number of benzene rings is 1. The highest BCUT2D eigenvalue weighted by atomic mass is 16.5. The van der Waals surface area contributed by atoms with Crippen LogP contribution in [0.1, 0.15) is 44.1 Å². The number of ether oxygens (including phenoxy) is 1. The summed E-state index contributed by atoms with van der Waals surface area (Å²) in [5, 5.41) is 0. The minimum absolute atomic E-state index is 0.0587. The summed E-state index contributed by atoms with van der Waals surface area (Å²) in [5.74, 6) is 0.336. The van der Waals surface area contributed by atoms with Gasteiger partial charge in [-0.2, -0.15) is 0 Å². The molecule has 2 saturated heterocycles. The number of likely N-dealkylation sites (tertiary alicyclic amines) is 2. The molecule has 3 aliphatic rings. The second kappa shape index (κ2) is 7.47. The van der Waals surface area contributed by atoms with Crippen molar-refractivity contribution in [1.29, 1.82) is 0 Å². The van der Waals surface area contributed by atoms with Crippen molar-refractivity contribution in [2.45, 2.75) is 44.1 Å². The largest absolute Gasteiger partial charge is 0.370 e.